The monoisotopic (exact) mass is 181 g/mol. The number of nitrogens with one attached hydrogen (secondary N) is 2. The van der Waals surface area contributed by atoms with Gasteiger partial charge in [0.1, 0.15) is 5.82 Å². The van der Waals surface area contributed by atoms with Crippen molar-refractivity contribution in [3.8, 4) is 0 Å². The summed E-state index contributed by atoms with van der Waals surface area (Å²) in [5.41, 5.74) is 5.94. The topological polar surface area (TPSA) is 79.0 Å². The number of carbonyl (C=O) groups is 1. The van der Waals surface area contributed by atoms with E-state index in [9.17, 15) is 9.18 Å². The lowest BCUT2D eigenvalue weighted by Gasteiger charge is -2.04. The van der Waals surface area contributed by atoms with Crippen molar-refractivity contribution in [3.05, 3.63) is 23.5 Å². The maximum atomic E-state index is 13.0. The zero-order chi connectivity index (χ0) is 9.84. The van der Waals surface area contributed by atoms with Crippen LogP contribution in [0.3, 0.4) is 0 Å². The molecule has 0 atom stereocenters. The molecular formula is C8H8FN3O. The smallest absolute Gasteiger partial charge is 0.211 e. The highest BCUT2D eigenvalue weighted by Crippen LogP contribution is 2.20. The molecule has 1 aromatic rings. The Morgan fingerprint density at radius 3 is 2.77 bits per heavy atom. The van der Waals surface area contributed by atoms with Gasteiger partial charge in [0.25, 0.3) is 0 Å². The fraction of sp³-hybridized carbons (Fsp3) is 0. The molecule has 0 aliphatic rings. The molecule has 13 heavy (non-hydrogen) atoms. The third-order valence-electron chi connectivity index (χ3n) is 1.54. The summed E-state index contributed by atoms with van der Waals surface area (Å²) in [4.78, 5) is 10.0. The lowest BCUT2D eigenvalue weighted by molar-refractivity contribution is -0.105. The van der Waals surface area contributed by atoms with Gasteiger partial charge in [-0.2, -0.15) is 0 Å². The molecular weight excluding hydrogens is 173 g/mol. The molecule has 4 N–H and O–H groups in total. The normalized spacial score (nSPS) is 9.31. The molecule has 0 heterocycles. The first-order chi connectivity index (χ1) is 6.19. The molecule has 0 spiro atoms. The van der Waals surface area contributed by atoms with Crippen LogP contribution in [0.15, 0.2) is 12.1 Å². The molecule has 5 heteroatoms. The molecule has 0 bridgehead atoms. The minimum Gasteiger partial charge on any atom is -0.398 e. The third-order valence-corrected chi connectivity index (χ3v) is 1.54. The predicted octanol–water partition coefficient (Wildman–Crippen LogP) is 0.974. The van der Waals surface area contributed by atoms with Gasteiger partial charge in [-0.25, -0.2) is 4.39 Å². The summed E-state index contributed by atoms with van der Waals surface area (Å²) in [7, 11) is 0. The van der Waals surface area contributed by atoms with Gasteiger partial charge in [-0.15, -0.1) is 0 Å². The molecule has 4 nitrogen and oxygen atoms in total. The summed E-state index contributed by atoms with van der Waals surface area (Å²) >= 11 is 0. The van der Waals surface area contributed by atoms with Crippen LogP contribution in [-0.2, 0) is 4.79 Å². The summed E-state index contributed by atoms with van der Waals surface area (Å²) in [6.45, 7) is 0. The number of anilines is 2. The Hall–Kier alpha value is -1.91. The number of rotatable bonds is 3. The van der Waals surface area contributed by atoms with Crippen molar-refractivity contribution in [2.75, 3.05) is 11.1 Å². The van der Waals surface area contributed by atoms with Gasteiger partial charge in [0, 0.05) is 17.5 Å². The summed E-state index contributed by atoms with van der Waals surface area (Å²) in [5, 5.41) is 9.10. The highest BCUT2D eigenvalue weighted by Gasteiger charge is 2.05. The predicted molar refractivity (Wildman–Crippen MR) is 48.4 cm³/mol. The standard InChI is InChI=1S/C8H8FN3O/c9-6-2-7(11)5(3-10)1-8(6)12-4-13/h1-4,10H,11H2,(H,12,13). The van der Waals surface area contributed by atoms with Crippen molar-refractivity contribution in [2.45, 2.75) is 0 Å². The number of nitrogens with two attached hydrogens (primary N) is 1. The quantitative estimate of drug-likeness (QED) is 0.369. The second-order valence-corrected chi connectivity index (χ2v) is 2.37. The molecule has 0 aliphatic carbocycles. The summed E-state index contributed by atoms with van der Waals surface area (Å²) in [5.74, 6) is -0.616. The SMILES string of the molecule is N=Cc1cc(NC=O)c(F)cc1N. The van der Waals surface area contributed by atoms with Crippen LogP contribution in [0.4, 0.5) is 15.8 Å². The lowest BCUT2D eigenvalue weighted by atomic mass is 10.1. The van der Waals surface area contributed by atoms with E-state index in [0.717, 1.165) is 12.3 Å². The number of benzene rings is 1. The van der Waals surface area contributed by atoms with Crippen LogP contribution in [-0.4, -0.2) is 12.6 Å². The summed E-state index contributed by atoms with van der Waals surface area (Å²) in [6, 6.07) is 2.36. The van der Waals surface area contributed by atoms with Gasteiger partial charge in [-0.1, -0.05) is 0 Å². The first-order valence-electron chi connectivity index (χ1n) is 3.48. The minimum atomic E-state index is -0.616. The van der Waals surface area contributed by atoms with E-state index in [1.165, 1.54) is 6.07 Å². The molecule has 0 saturated carbocycles. The van der Waals surface area contributed by atoms with E-state index >= 15 is 0 Å². The van der Waals surface area contributed by atoms with Gasteiger partial charge in [-0.05, 0) is 12.1 Å². The van der Waals surface area contributed by atoms with Crippen molar-refractivity contribution in [1.29, 1.82) is 5.41 Å². The number of hydrogen-bond donors (Lipinski definition) is 3. The van der Waals surface area contributed by atoms with Crippen molar-refractivity contribution >= 4 is 24.0 Å². The van der Waals surface area contributed by atoms with Gasteiger partial charge >= 0.3 is 0 Å². The summed E-state index contributed by atoms with van der Waals surface area (Å²) in [6.07, 6.45) is 1.35. The van der Waals surface area contributed by atoms with E-state index in [0.29, 0.717) is 12.0 Å². The minimum absolute atomic E-state index is 0.0164. The van der Waals surface area contributed by atoms with Crippen molar-refractivity contribution in [1.82, 2.24) is 0 Å². The fourth-order valence-electron chi connectivity index (χ4n) is 0.904. The highest BCUT2D eigenvalue weighted by molar-refractivity contribution is 5.88. The zero-order valence-corrected chi connectivity index (χ0v) is 6.67. The van der Waals surface area contributed by atoms with Crippen LogP contribution < -0.4 is 11.1 Å². The van der Waals surface area contributed by atoms with E-state index in [-0.39, 0.29) is 11.4 Å². The third kappa shape index (κ3) is 1.81. The van der Waals surface area contributed by atoms with Crippen LogP contribution in [0.5, 0.6) is 0 Å². The van der Waals surface area contributed by atoms with Crippen LogP contribution >= 0.6 is 0 Å². The second-order valence-electron chi connectivity index (χ2n) is 2.37. The lowest BCUT2D eigenvalue weighted by Crippen LogP contribution is -2.01. The Morgan fingerprint density at radius 1 is 1.54 bits per heavy atom. The Balaban J connectivity index is 3.21. The average Bonchev–Trinajstić information content (AvgIpc) is 2.10. The van der Waals surface area contributed by atoms with Crippen molar-refractivity contribution in [3.63, 3.8) is 0 Å². The van der Waals surface area contributed by atoms with Crippen LogP contribution in [0.25, 0.3) is 0 Å². The number of amides is 1. The van der Waals surface area contributed by atoms with Crippen LogP contribution in [0.1, 0.15) is 5.56 Å². The van der Waals surface area contributed by atoms with Crippen molar-refractivity contribution < 1.29 is 9.18 Å². The van der Waals surface area contributed by atoms with Crippen LogP contribution in [0.2, 0.25) is 0 Å². The highest BCUT2D eigenvalue weighted by atomic mass is 19.1. The van der Waals surface area contributed by atoms with Gasteiger partial charge in [0.2, 0.25) is 6.41 Å². The molecule has 1 amide bonds. The molecule has 1 rings (SSSR count). The van der Waals surface area contributed by atoms with Gasteiger partial charge < -0.3 is 16.5 Å². The Kier molecular flexibility index (Phi) is 2.59. The van der Waals surface area contributed by atoms with E-state index in [2.05, 4.69) is 5.32 Å². The van der Waals surface area contributed by atoms with E-state index in [4.69, 9.17) is 11.1 Å². The first-order valence-corrected chi connectivity index (χ1v) is 3.48. The van der Waals surface area contributed by atoms with Crippen molar-refractivity contribution in [2.24, 2.45) is 0 Å². The Bertz CT molecular complexity index is 351. The summed E-state index contributed by atoms with van der Waals surface area (Å²) < 4.78 is 13.0. The Morgan fingerprint density at radius 2 is 2.23 bits per heavy atom. The molecule has 0 radical (unpaired) electrons. The molecule has 68 valence electrons. The fourth-order valence-corrected chi connectivity index (χ4v) is 0.904. The van der Waals surface area contributed by atoms with Gasteiger partial charge in [0.05, 0.1) is 5.69 Å². The molecule has 0 unspecified atom stereocenters. The first kappa shape index (κ1) is 9.18. The van der Waals surface area contributed by atoms with E-state index < -0.39 is 5.82 Å². The largest absolute Gasteiger partial charge is 0.398 e. The molecule has 0 aliphatic heterocycles. The Labute approximate surface area is 74.1 Å². The van der Waals surface area contributed by atoms with E-state index in [1.54, 1.807) is 0 Å². The zero-order valence-electron chi connectivity index (χ0n) is 6.67. The number of carbonyl (C=O) groups excluding carboxylic acids is 1. The van der Waals surface area contributed by atoms with Gasteiger partial charge in [0.15, 0.2) is 0 Å². The molecule has 0 saturated heterocycles. The number of hydrogen-bond acceptors (Lipinski definition) is 3. The van der Waals surface area contributed by atoms with Crippen LogP contribution in [0, 0.1) is 11.2 Å². The second kappa shape index (κ2) is 3.66. The number of halogens is 1. The maximum Gasteiger partial charge on any atom is 0.211 e. The van der Waals surface area contributed by atoms with E-state index in [1.807, 2.05) is 0 Å². The molecule has 0 fully saturated rings. The average molecular weight is 181 g/mol. The molecule has 0 aromatic heterocycles. The number of nitrogen functional groups attached to an aromatic ring is 1. The molecule has 1 aromatic carbocycles. The van der Waals surface area contributed by atoms with Gasteiger partial charge in [-0.3, -0.25) is 4.79 Å². The maximum absolute atomic E-state index is 13.0.